The van der Waals surface area contributed by atoms with Gasteiger partial charge < -0.3 is 4.74 Å². The number of thiol groups is 1. The molecular formula is C10H23NOS. The first-order chi connectivity index (χ1) is 6.26. The van der Waals surface area contributed by atoms with Gasteiger partial charge in [-0.15, -0.1) is 0 Å². The molecule has 2 nitrogen and oxygen atoms in total. The molecular weight excluding hydrogens is 182 g/mol. The molecule has 0 heterocycles. The topological polar surface area (TPSA) is 12.5 Å². The molecule has 0 aromatic rings. The van der Waals surface area contributed by atoms with Crippen molar-refractivity contribution in [2.45, 2.75) is 32.7 Å². The number of nitrogens with zero attached hydrogens (tertiary/aromatic N) is 1. The molecule has 1 atom stereocenters. The predicted molar refractivity (Wildman–Crippen MR) is 61.7 cm³/mol. The van der Waals surface area contributed by atoms with Gasteiger partial charge in [-0.3, -0.25) is 4.90 Å². The first-order valence-corrected chi connectivity index (χ1v) is 5.73. The van der Waals surface area contributed by atoms with Crippen LogP contribution in [0, 0.1) is 0 Å². The molecule has 0 aliphatic heterocycles. The zero-order valence-corrected chi connectivity index (χ0v) is 10.0. The molecule has 0 rings (SSSR count). The summed E-state index contributed by atoms with van der Waals surface area (Å²) in [5, 5.41) is 0. The van der Waals surface area contributed by atoms with Crippen molar-refractivity contribution in [3.8, 4) is 0 Å². The molecule has 0 saturated carbocycles. The lowest BCUT2D eigenvalue weighted by atomic mass is 10.2. The van der Waals surface area contributed by atoms with E-state index in [0.717, 1.165) is 31.9 Å². The Bertz CT molecular complexity index is 103. The van der Waals surface area contributed by atoms with E-state index in [-0.39, 0.29) is 0 Å². The number of ether oxygens (including phenoxy) is 1. The number of rotatable bonds is 8. The molecule has 0 aliphatic rings. The summed E-state index contributed by atoms with van der Waals surface area (Å²) in [5.41, 5.74) is 0. The Hall–Kier alpha value is 0.270. The summed E-state index contributed by atoms with van der Waals surface area (Å²) in [6.07, 6.45) is 2.37. The fourth-order valence-electron chi connectivity index (χ4n) is 1.29. The van der Waals surface area contributed by atoms with Crippen LogP contribution in [0.2, 0.25) is 0 Å². The number of methoxy groups -OCH3 is 1. The molecule has 0 aromatic heterocycles. The van der Waals surface area contributed by atoms with E-state index in [1.165, 1.54) is 6.42 Å². The molecule has 0 saturated heterocycles. The van der Waals surface area contributed by atoms with E-state index in [9.17, 15) is 0 Å². The lowest BCUT2D eigenvalue weighted by Crippen LogP contribution is -2.36. The van der Waals surface area contributed by atoms with E-state index in [0.29, 0.717) is 6.04 Å². The van der Waals surface area contributed by atoms with Crippen LogP contribution >= 0.6 is 12.6 Å². The first-order valence-electron chi connectivity index (χ1n) is 5.10. The summed E-state index contributed by atoms with van der Waals surface area (Å²) in [5.74, 6) is 0.972. The Kier molecular flexibility index (Phi) is 9.03. The van der Waals surface area contributed by atoms with Crippen molar-refractivity contribution in [2.75, 3.05) is 32.6 Å². The van der Waals surface area contributed by atoms with Gasteiger partial charge >= 0.3 is 0 Å². The molecule has 0 aromatic carbocycles. The van der Waals surface area contributed by atoms with Crippen LogP contribution < -0.4 is 0 Å². The average Bonchev–Trinajstić information content (AvgIpc) is 2.17. The Labute approximate surface area is 88.1 Å². The lowest BCUT2D eigenvalue weighted by Gasteiger charge is -2.27. The molecule has 3 heteroatoms. The Morgan fingerprint density at radius 3 is 2.54 bits per heavy atom. The average molecular weight is 205 g/mol. The summed E-state index contributed by atoms with van der Waals surface area (Å²) in [6, 6.07) is 0.662. The minimum atomic E-state index is 0.662. The van der Waals surface area contributed by atoms with Crippen molar-refractivity contribution in [2.24, 2.45) is 0 Å². The maximum absolute atomic E-state index is 5.09. The van der Waals surface area contributed by atoms with Crippen molar-refractivity contribution >= 4 is 12.6 Å². The van der Waals surface area contributed by atoms with Gasteiger partial charge in [0.05, 0.1) is 6.61 Å². The molecule has 13 heavy (non-hydrogen) atoms. The summed E-state index contributed by atoms with van der Waals surface area (Å²) < 4.78 is 5.09. The zero-order valence-electron chi connectivity index (χ0n) is 9.12. The third-order valence-corrected chi connectivity index (χ3v) is 2.72. The monoisotopic (exact) mass is 205 g/mol. The van der Waals surface area contributed by atoms with Crippen LogP contribution in [-0.4, -0.2) is 43.5 Å². The maximum Gasteiger partial charge on any atom is 0.0589 e. The van der Waals surface area contributed by atoms with Crippen LogP contribution in [0.1, 0.15) is 26.7 Å². The summed E-state index contributed by atoms with van der Waals surface area (Å²) in [4.78, 5) is 2.47. The van der Waals surface area contributed by atoms with Crippen LogP contribution in [0.15, 0.2) is 0 Å². The van der Waals surface area contributed by atoms with E-state index < -0.39 is 0 Å². The van der Waals surface area contributed by atoms with Crippen LogP contribution in [0.25, 0.3) is 0 Å². The summed E-state index contributed by atoms with van der Waals surface area (Å²) >= 11 is 4.23. The van der Waals surface area contributed by atoms with Crippen molar-refractivity contribution in [1.29, 1.82) is 0 Å². The molecule has 0 aliphatic carbocycles. The first kappa shape index (κ1) is 13.3. The fourth-order valence-corrected chi connectivity index (χ4v) is 1.43. The smallest absolute Gasteiger partial charge is 0.0589 e. The zero-order chi connectivity index (χ0) is 10.1. The lowest BCUT2D eigenvalue weighted by molar-refractivity contribution is 0.123. The van der Waals surface area contributed by atoms with E-state index in [4.69, 9.17) is 4.74 Å². The molecule has 0 N–H and O–H groups in total. The van der Waals surface area contributed by atoms with Crippen LogP contribution in [0.3, 0.4) is 0 Å². The van der Waals surface area contributed by atoms with E-state index in [2.05, 4.69) is 31.4 Å². The molecule has 0 amide bonds. The van der Waals surface area contributed by atoms with Crippen LogP contribution in [0.4, 0.5) is 0 Å². The molecule has 0 radical (unpaired) electrons. The van der Waals surface area contributed by atoms with Gasteiger partial charge in [0.1, 0.15) is 0 Å². The van der Waals surface area contributed by atoms with Crippen molar-refractivity contribution < 1.29 is 4.74 Å². The van der Waals surface area contributed by atoms with E-state index in [1.807, 2.05) is 0 Å². The van der Waals surface area contributed by atoms with Gasteiger partial charge in [0.15, 0.2) is 0 Å². The Morgan fingerprint density at radius 2 is 2.08 bits per heavy atom. The highest BCUT2D eigenvalue weighted by Crippen LogP contribution is 2.04. The Balaban J connectivity index is 3.72. The molecule has 0 spiro atoms. The second-order valence-electron chi connectivity index (χ2n) is 3.36. The normalized spacial score (nSPS) is 13.6. The van der Waals surface area contributed by atoms with Crippen LogP contribution in [-0.2, 0) is 4.74 Å². The van der Waals surface area contributed by atoms with Crippen molar-refractivity contribution in [3.05, 3.63) is 0 Å². The van der Waals surface area contributed by atoms with E-state index >= 15 is 0 Å². The molecule has 80 valence electrons. The van der Waals surface area contributed by atoms with Gasteiger partial charge in [0.2, 0.25) is 0 Å². The summed E-state index contributed by atoms with van der Waals surface area (Å²) in [7, 11) is 1.76. The summed E-state index contributed by atoms with van der Waals surface area (Å²) in [6.45, 7) is 7.51. The SMILES string of the molecule is CCC(C)N(CCCS)CCOC. The number of hydrogen-bond donors (Lipinski definition) is 1. The van der Waals surface area contributed by atoms with Gasteiger partial charge in [-0.25, -0.2) is 0 Å². The minimum Gasteiger partial charge on any atom is -0.383 e. The minimum absolute atomic E-state index is 0.662. The third-order valence-electron chi connectivity index (χ3n) is 2.40. The van der Waals surface area contributed by atoms with Crippen LogP contribution in [0.5, 0.6) is 0 Å². The van der Waals surface area contributed by atoms with Gasteiger partial charge in [-0.2, -0.15) is 12.6 Å². The van der Waals surface area contributed by atoms with Gasteiger partial charge in [-0.1, -0.05) is 6.92 Å². The van der Waals surface area contributed by atoms with Crippen molar-refractivity contribution in [3.63, 3.8) is 0 Å². The number of hydrogen-bond acceptors (Lipinski definition) is 3. The molecule has 0 bridgehead atoms. The standard InChI is InChI=1S/C10H23NOS/c1-4-10(2)11(6-5-9-13)7-8-12-3/h10,13H,4-9H2,1-3H3. The second-order valence-corrected chi connectivity index (χ2v) is 3.81. The third kappa shape index (κ3) is 6.36. The highest BCUT2D eigenvalue weighted by atomic mass is 32.1. The molecule has 1 unspecified atom stereocenters. The highest BCUT2D eigenvalue weighted by molar-refractivity contribution is 7.80. The Morgan fingerprint density at radius 1 is 1.38 bits per heavy atom. The molecule has 0 fully saturated rings. The fraction of sp³-hybridized carbons (Fsp3) is 1.00. The highest BCUT2D eigenvalue weighted by Gasteiger charge is 2.10. The maximum atomic E-state index is 5.09. The van der Waals surface area contributed by atoms with Gasteiger partial charge in [0.25, 0.3) is 0 Å². The quantitative estimate of drug-likeness (QED) is 0.609. The predicted octanol–water partition coefficient (Wildman–Crippen LogP) is 2.05. The van der Waals surface area contributed by atoms with E-state index in [1.54, 1.807) is 7.11 Å². The van der Waals surface area contributed by atoms with Crippen molar-refractivity contribution in [1.82, 2.24) is 4.90 Å². The largest absolute Gasteiger partial charge is 0.383 e. The van der Waals surface area contributed by atoms with Gasteiger partial charge in [0, 0.05) is 19.7 Å². The van der Waals surface area contributed by atoms with Gasteiger partial charge in [-0.05, 0) is 32.1 Å². The second kappa shape index (κ2) is 8.85.